The zero-order chi connectivity index (χ0) is 31.6. The molecule has 6 heteroatoms. The maximum atomic E-state index is 5.20. The maximum absolute atomic E-state index is 5.20. The molecule has 0 aliphatic carbocycles. The number of aromatic nitrogens is 4. The van der Waals surface area contributed by atoms with Crippen LogP contribution in [0.25, 0.3) is 96.7 Å². The first kappa shape index (κ1) is 27.3. The highest BCUT2D eigenvalue weighted by Crippen LogP contribution is 2.43. The molecule has 4 nitrogen and oxygen atoms in total. The number of thiophene rings is 2. The number of para-hydroxylation sites is 1. The molecular weight excluding hydrogens is 625 g/mol. The number of pyridine rings is 1. The fourth-order valence-corrected chi connectivity index (χ4v) is 9.11. The highest BCUT2D eigenvalue weighted by Gasteiger charge is 2.18. The van der Waals surface area contributed by atoms with E-state index in [-0.39, 0.29) is 0 Å². The van der Waals surface area contributed by atoms with Crippen LogP contribution in [-0.4, -0.2) is 19.9 Å². The lowest BCUT2D eigenvalue weighted by Crippen LogP contribution is -2.00. The van der Waals surface area contributed by atoms with Gasteiger partial charge in [0.25, 0.3) is 0 Å². The summed E-state index contributed by atoms with van der Waals surface area (Å²) in [6, 6.07) is 50.7. The summed E-state index contributed by atoms with van der Waals surface area (Å²) in [7, 11) is 0. The van der Waals surface area contributed by atoms with Crippen LogP contribution in [0.3, 0.4) is 0 Å². The van der Waals surface area contributed by atoms with Crippen molar-refractivity contribution in [1.29, 1.82) is 0 Å². The number of rotatable bonds is 4. The number of fused-ring (bicyclic) bond motifs is 8. The van der Waals surface area contributed by atoms with E-state index in [0.29, 0.717) is 17.5 Å². The number of benzene rings is 6. The van der Waals surface area contributed by atoms with Gasteiger partial charge in [-0.2, -0.15) is 0 Å². The van der Waals surface area contributed by atoms with Crippen LogP contribution in [-0.2, 0) is 0 Å². The van der Waals surface area contributed by atoms with Gasteiger partial charge in [-0.25, -0.2) is 19.9 Å². The molecule has 48 heavy (non-hydrogen) atoms. The largest absolute Gasteiger partial charge is 0.246 e. The molecular formula is C42H24N4S2. The Labute approximate surface area is 283 Å². The summed E-state index contributed by atoms with van der Waals surface area (Å²) >= 11 is 3.59. The van der Waals surface area contributed by atoms with Gasteiger partial charge in [0.2, 0.25) is 0 Å². The van der Waals surface area contributed by atoms with E-state index in [0.717, 1.165) is 33.5 Å². The highest BCUT2D eigenvalue weighted by molar-refractivity contribution is 7.26. The SMILES string of the molecule is c1ccc(-c2nc(-c3ccc(-c4nc5ccccc5c5c4sc4ccccc45)cc3)nc(-c3cccc4c3sc3ccccc34)n2)cc1. The Morgan fingerprint density at radius 1 is 0.354 bits per heavy atom. The van der Waals surface area contributed by atoms with Crippen molar-refractivity contribution < 1.29 is 0 Å². The normalized spacial score (nSPS) is 11.8. The van der Waals surface area contributed by atoms with Crippen molar-refractivity contribution in [3.63, 3.8) is 0 Å². The number of hydrogen-bond donors (Lipinski definition) is 0. The fraction of sp³-hybridized carbons (Fsp3) is 0. The standard InChI is InChI=1S/C42H24N4S2/c1-2-11-26(12-3-1)40-44-41(46-42(45-40)32-17-10-16-29-28-13-5-8-19-34(28)47-38(29)32)27-23-21-25(22-24-27)37-39-36(30-14-4-7-18-33(30)43-37)31-15-6-9-20-35(31)48-39/h1-24H. The van der Waals surface area contributed by atoms with Gasteiger partial charge in [0.1, 0.15) is 0 Å². The number of nitrogens with zero attached hydrogens (tertiary/aromatic N) is 4. The van der Waals surface area contributed by atoms with E-state index in [1.807, 2.05) is 30.3 Å². The van der Waals surface area contributed by atoms with Gasteiger partial charge in [-0.15, -0.1) is 22.7 Å². The Morgan fingerprint density at radius 3 is 1.71 bits per heavy atom. The van der Waals surface area contributed by atoms with Crippen molar-refractivity contribution in [2.45, 2.75) is 0 Å². The van der Waals surface area contributed by atoms with E-state index in [2.05, 4.69) is 115 Å². The molecule has 10 rings (SSSR count). The first-order valence-corrected chi connectivity index (χ1v) is 17.4. The summed E-state index contributed by atoms with van der Waals surface area (Å²) in [6.07, 6.45) is 0. The Morgan fingerprint density at radius 2 is 0.917 bits per heavy atom. The molecule has 0 aliphatic rings. The molecule has 0 unspecified atom stereocenters. The van der Waals surface area contributed by atoms with E-state index in [9.17, 15) is 0 Å². The summed E-state index contributed by atoms with van der Waals surface area (Å²) in [6.45, 7) is 0. The Bertz CT molecular complexity index is 2840. The van der Waals surface area contributed by atoms with Gasteiger partial charge in [-0.1, -0.05) is 121 Å². The Balaban J connectivity index is 1.14. The number of hydrogen-bond acceptors (Lipinski definition) is 6. The van der Waals surface area contributed by atoms with Crippen molar-refractivity contribution in [3.05, 3.63) is 146 Å². The van der Waals surface area contributed by atoms with Gasteiger partial charge in [0.15, 0.2) is 17.5 Å². The molecule has 0 N–H and O–H groups in total. The molecule has 6 aromatic carbocycles. The lowest BCUT2D eigenvalue weighted by atomic mass is 10.0. The van der Waals surface area contributed by atoms with Gasteiger partial charge in [0.05, 0.1) is 15.9 Å². The van der Waals surface area contributed by atoms with Gasteiger partial charge in [-0.05, 0) is 24.3 Å². The summed E-state index contributed by atoms with van der Waals surface area (Å²) in [5.74, 6) is 1.96. The molecule has 0 fully saturated rings. The van der Waals surface area contributed by atoms with E-state index in [1.165, 1.54) is 45.7 Å². The van der Waals surface area contributed by atoms with Gasteiger partial charge in [-0.3, -0.25) is 0 Å². The molecule has 0 atom stereocenters. The third kappa shape index (κ3) is 4.34. The molecule has 0 saturated heterocycles. The molecule has 10 aromatic rings. The van der Waals surface area contributed by atoms with Crippen LogP contribution >= 0.6 is 22.7 Å². The minimum atomic E-state index is 0.641. The van der Waals surface area contributed by atoms with Crippen LogP contribution in [0.15, 0.2) is 146 Å². The van der Waals surface area contributed by atoms with Crippen LogP contribution in [0.4, 0.5) is 0 Å². The molecule has 0 bridgehead atoms. The van der Waals surface area contributed by atoms with E-state index in [1.54, 1.807) is 22.7 Å². The maximum Gasteiger partial charge on any atom is 0.165 e. The Kier molecular flexibility index (Phi) is 6.19. The van der Waals surface area contributed by atoms with Crippen molar-refractivity contribution in [2.24, 2.45) is 0 Å². The lowest BCUT2D eigenvalue weighted by Gasteiger charge is -2.10. The van der Waals surface area contributed by atoms with Crippen molar-refractivity contribution in [2.75, 3.05) is 0 Å². The molecule has 0 amide bonds. The van der Waals surface area contributed by atoms with Gasteiger partial charge < -0.3 is 0 Å². The summed E-state index contributed by atoms with van der Waals surface area (Å²) in [5, 5.41) is 6.20. The second-order valence-corrected chi connectivity index (χ2v) is 13.9. The van der Waals surface area contributed by atoms with E-state index < -0.39 is 0 Å². The van der Waals surface area contributed by atoms with Crippen LogP contribution in [0.2, 0.25) is 0 Å². The second-order valence-electron chi connectivity index (χ2n) is 11.8. The van der Waals surface area contributed by atoms with E-state index >= 15 is 0 Å². The van der Waals surface area contributed by atoms with Crippen molar-refractivity contribution in [1.82, 2.24) is 19.9 Å². The molecule has 224 valence electrons. The zero-order valence-electron chi connectivity index (χ0n) is 25.5. The van der Waals surface area contributed by atoms with Gasteiger partial charge in [0, 0.05) is 63.3 Å². The zero-order valence-corrected chi connectivity index (χ0v) is 27.1. The average molecular weight is 649 g/mol. The third-order valence-electron chi connectivity index (χ3n) is 8.95. The summed E-state index contributed by atoms with van der Waals surface area (Å²) in [4.78, 5) is 20.4. The quantitative estimate of drug-likeness (QED) is 0.191. The molecule has 4 heterocycles. The van der Waals surface area contributed by atoms with Crippen molar-refractivity contribution in [3.8, 4) is 45.4 Å². The van der Waals surface area contributed by atoms with Crippen molar-refractivity contribution >= 4 is 73.9 Å². The molecule has 4 aromatic heterocycles. The van der Waals surface area contributed by atoms with Crippen LogP contribution in [0, 0.1) is 0 Å². The highest BCUT2D eigenvalue weighted by atomic mass is 32.1. The van der Waals surface area contributed by atoms with Crippen LogP contribution in [0.5, 0.6) is 0 Å². The second kappa shape index (κ2) is 10.9. The Hall–Kier alpha value is -5.82. The first-order chi connectivity index (χ1) is 23.8. The van der Waals surface area contributed by atoms with Crippen LogP contribution < -0.4 is 0 Å². The molecule has 0 saturated carbocycles. The third-order valence-corrected chi connectivity index (χ3v) is 11.3. The molecule has 0 radical (unpaired) electrons. The average Bonchev–Trinajstić information content (AvgIpc) is 3.74. The predicted molar refractivity (Wildman–Crippen MR) is 203 cm³/mol. The smallest absolute Gasteiger partial charge is 0.165 e. The lowest BCUT2D eigenvalue weighted by molar-refractivity contribution is 1.08. The topological polar surface area (TPSA) is 51.6 Å². The molecule has 0 spiro atoms. The van der Waals surface area contributed by atoms with Gasteiger partial charge >= 0.3 is 0 Å². The molecule has 0 aliphatic heterocycles. The minimum Gasteiger partial charge on any atom is -0.246 e. The summed E-state index contributed by atoms with van der Waals surface area (Å²) in [5.41, 5.74) is 5.95. The predicted octanol–water partition coefficient (Wildman–Crippen LogP) is 11.8. The monoisotopic (exact) mass is 648 g/mol. The first-order valence-electron chi connectivity index (χ1n) is 15.8. The fourth-order valence-electron chi connectivity index (χ4n) is 6.67. The summed E-state index contributed by atoms with van der Waals surface area (Å²) < 4.78 is 4.90. The van der Waals surface area contributed by atoms with Crippen LogP contribution in [0.1, 0.15) is 0 Å². The minimum absolute atomic E-state index is 0.641. The van der Waals surface area contributed by atoms with E-state index in [4.69, 9.17) is 19.9 Å².